The van der Waals surface area contributed by atoms with Crippen LogP contribution >= 0.6 is 12.4 Å². The second kappa shape index (κ2) is 10.2. The van der Waals surface area contributed by atoms with Crippen molar-refractivity contribution in [3.05, 3.63) is 29.8 Å². The van der Waals surface area contributed by atoms with Crippen LogP contribution in [-0.4, -0.2) is 29.6 Å². The van der Waals surface area contributed by atoms with E-state index in [9.17, 15) is 9.59 Å². The number of anilines is 1. The maximum atomic E-state index is 12.0. The van der Waals surface area contributed by atoms with Crippen molar-refractivity contribution in [3.8, 4) is 0 Å². The molecule has 0 aliphatic rings. The molecule has 0 aliphatic heterocycles. The molecule has 0 aliphatic carbocycles. The van der Waals surface area contributed by atoms with Crippen molar-refractivity contribution in [2.24, 2.45) is 0 Å². The van der Waals surface area contributed by atoms with Crippen LogP contribution in [0.4, 0.5) is 5.69 Å². The Hall–Kier alpha value is -1.59. The molecule has 0 saturated heterocycles. The van der Waals surface area contributed by atoms with Gasteiger partial charge in [-0.2, -0.15) is 0 Å². The van der Waals surface area contributed by atoms with Crippen LogP contribution in [0.15, 0.2) is 24.3 Å². The average molecular weight is 329 g/mol. The van der Waals surface area contributed by atoms with Crippen molar-refractivity contribution >= 4 is 30.0 Å². The van der Waals surface area contributed by atoms with Crippen LogP contribution in [0.1, 0.15) is 45.1 Å². The van der Waals surface area contributed by atoms with E-state index in [0.717, 1.165) is 17.7 Å². The summed E-state index contributed by atoms with van der Waals surface area (Å²) >= 11 is 0. The van der Waals surface area contributed by atoms with Gasteiger partial charge >= 0.3 is 5.97 Å². The number of carboxylic acid groups (broad SMARTS) is 1. The number of carbonyl (C=O) groups is 2. The Morgan fingerprint density at radius 2 is 1.86 bits per heavy atom. The number of rotatable bonds is 8. The van der Waals surface area contributed by atoms with Crippen molar-refractivity contribution in [2.75, 3.05) is 11.9 Å². The molecule has 22 heavy (non-hydrogen) atoms. The van der Waals surface area contributed by atoms with Gasteiger partial charge in [-0.3, -0.25) is 14.9 Å². The first-order valence-electron chi connectivity index (χ1n) is 7.30. The van der Waals surface area contributed by atoms with Gasteiger partial charge in [-0.15, -0.1) is 12.4 Å². The summed E-state index contributed by atoms with van der Waals surface area (Å²) in [5, 5.41) is 14.6. The third-order valence-electron chi connectivity index (χ3n) is 3.24. The number of nitrogens with one attached hydrogen (secondary N) is 2. The first-order chi connectivity index (χ1) is 9.95. The number of carbonyl (C=O) groups excluding carboxylic acids is 1. The summed E-state index contributed by atoms with van der Waals surface area (Å²) in [6, 6.07) is 6.96. The van der Waals surface area contributed by atoms with E-state index in [1.807, 2.05) is 31.2 Å². The first-order valence-corrected chi connectivity index (χ1v) is 7.30. The fourth-order valence-electron chi connectivity index (χ4n) is 2.13. The maximum Gasteiger partial charge on any atom is 0.320 e. The molecule has 1 atom stereocenters. The zero-order valence-electron chi connectivity index (χ0n) is 13.3. The van der Waals surface area contributed by atoms with Gasteiger partial charge in [-0.1, -0.05) is 45.4 Å². The van der Waals surface area contributed by atoms with Crippen molar-refractivity contribution in [2.45, 2.75) is 45.6 Å². The van der Waals surface area contributed by atoms with Gasteiger partial charge < -0.3 is 10.4 Å². The van der Waals surface area contributed by atoms with Gasteiger partial charge in [0.05, 0.1) is 6.54 Å². The molecule has 1 rings (SSSR count). The average Bonchev–Trinajstić information content (AvgIpc) is 2.43. The summed E-state index contributed by atoms with van der Waals surface area (Å²) in [7, 11) is 0. The lowest BCUT2D eigenvalue weighted by molar-refractivity contribution is -0.139. The van der Waals surface area contributed by atoms with Gasteiger partial charge in [0.2, 0.25) is 5.91 Å². The molecule has 1 aromatic carbocycles. The van der Waals surface area contributed by atoms with E-state index in [1.54, 1.807) is 0 Å². The highest BCUT2D eigenvalue weighted by Gasteiger charge is 2.17. The summed E-state index contributed by atoms with van der Waals surface area (Å²) in [5.41, 5.74) is 1.84. The quantitative estimate of drug-likeness (QED) is 0.685. The van der Waals surface area contributed by atoms with E-state index in [1.165, 1.54) is 0 Å². The van der Waals surface area contributed by atoms with Crippen molar-refractivity contribution < 1.29 is 14.7 Å². The number of benzene rings is 1. The second-order valence-corrected chi connectivity index (χ2v) is 5.35. The Morgan fingerprint density at radius 1 is 1.23 bits per heavy atom. The molecule has 0 fully saturated rings. The minimum atomic E-state index is -0.924. The molecule has 0 radical (unpaired) electrons. The Balaban J connectivity index is 0.00000441. The molecule has 6 heteroatoms. The smallest absolute Gasteiger partial charge is 0.320 e. The lowest BCUT2D eigenvalue weighted by Crippen LogP contribution is -2.41. The van der Waals surface area contributed by atoms with Crippen LogP contribution in [0.25, 0.3) is 0 Å². The monoisotopic (exact) mass is 328 g/mol. The highest BCUT2D eigenvalue weighted by molar-refractivity contribution is 5.93. The Morgan fingerprint density at radius 3 is 2.41 bits per heavy atom. The lowest BCUT2D eigenvalue weighted by Gasteiger charge is -2.16. The summed E-state index contributed by atoms with van der Waals surface area (Å²) < 4.78 is 0. The van der Waals surface area contributed by atoms with Crippen LogP contribution in [-0.2, 0) is 9.59 Å². The fourth-order valence-corrected chi connectivity index (χ4v) is 2.13. The van der Waals surface area contributed by atoms with Crippen LogP contribution in [0.5, 0.6) is 0 Å². The molecule has 124 valence electrons. The van der Waals surface area contributed by atoms with Crippen LogP contribution < -0.4 is 10.6 Å². The van der Waals surface area contributed by atoms with E-state index < -0.39 is 12.0 Å². The normalized spacial score (nSPS) is 11.6. The Labute approximate surface area is 137 Å². The molecule has 3 N–H and O–H groups in total. The zero-order valence-corrected chi connectivity index (χ0v) is 14.1. The summed E-state index contributed by atoms with van der Waals surface area (Å²) in [6.07, 6.45) is 1.26. The SMILES string of the molecule is CCCC(NCC(=O)Nc1ccccc1C(C)C)C(=O)O.Cl. The van der Waals surface area contributed by atoms with E-state index in [-0.39, 0.29) is 24.9 Å². The van der Waals surface area contributed by atoms with Gasteiger partial charge in [-0.25, -0.2) is 0 Å². The molecule has 0 heterocycles. The van der Waals surface area contributed by atoms with Gasteiger partial charge in [-0.05, 0) is 24.0 Å². The zero-order chi connectivity index (χ0) is 15.8. The number of aliphatic carboxylic acids is 1. The standard InChI is InChI=1S/C16H24N2O3.ClH/c1-4-7-14(16(20)21)17-10-15(19)18-13-9-6-5-8-12(13)11(2)3;/h5-6,8-9,11,14,17H,4,7,10H2,1-3H3,(H,18,19)(H,20,21);1H. The van der Waals surface area contributed by atoms with Crippen molar-refractivity contribution in [1.29, 1.82) is 0 Å². The highest BCUT2D eigenvalue weighted by Crippen LogP contribution is 2.23. The van der Waals surface area contributed by atoms with Gasteiger partial charge in [0.25, 0.3) is 0 Å². The first kappa shape index (κ1) is 20.4. The van der Waals surface area contributed by atoms with Crippen LogP contribution in [0.3, 0.4) is 0 Å². The van der Waals surface area contributed by atoms with E-state index in [0.29, 0.717) is 12.3 Å². The number of halogens is 1. The minimum absolute atomic E-state index is 0. The van der Waals surface area contributed by atoms with E-state index in [2.05, 4.69) is 24.5 Å². The van der Waals surface area contributed by atoms with Crippen LogP contribution in [0.2, 0.25) is 0 Å². The molecule has 0 spiro atoms. The molecule has 0 aromatic heterocycles. The third-order valence-corrected chi connectivity index (χ3v) is 3.24. The van der Waals surface area contributed by atoms with E-state index >= 15 is 0 Å². The predicted octanol–water partition coefficient (Wildman–Crippen LogP) is 3.01. The summed E-state index contributed by atoms with van der Waals surface area (Å²) in [5.74, 6) is -0.848. The number of amides is 1. The number of para-hydroxylation sites is 1. The third kappa shape index (κ3) is 6.45. The summed E-state index contributed by atoms with van der Waals surface area (Å²) in [6.45, 7) is 6.02. The van der Waals surface area contributed by atoms with Gasteiger partial charge in [0.15, 0.2) is 0 Å². The predicted molar refractivity (Wildman–Crippen MR) is 90.7 cm³/mol. The molecular formula is C16H25ClN2O3. The largest absolute Gasteiger partial charge is 0.480 e. The van der Waals surface area contributed by atoms with Gasteiger partial charge in [0, 0.05) is 5.69 Å². The Kier molecular flexibility index (Phi) is 9.45. The number of hydrogen-bond donors (Lipinski definition) is 3. The van der Waals surface area contributed by atoms with Gasteiger partial charge in [0.1, 0.15) is 6.04 Å². The fraction of sp³-hybridized carbons (Fsp3) is 0.500. The van der Waals surface area contributed by atoms with Crippen LogP contribution in [0, 0.1) is 0 Å². The molecular weight excluding hydrogens is 304 g/mol. The number of carboxylic acids is 1. The molecule has 5 nitrogen and oxygen atoms in total. The lowest BCUT2D eigenvalue weighted by atomic mass is 10.0. The maximum absolute atomic E-state index is 12.0. The summed E-state index contributed by atoms with van der Waals surface area (Å²) in [4.78, 5) is 23.0. The molecule has 1 amide bonds. The molecule has 1 unspecified atom stereocenters. The highest BCUT2D eigenvalue weighted by atomic mass is 35.5. The molecule has 0 bridgehead atoms. The minimum Gasteiger partial charge on any atom is -0.480 e. The van der Waals surface area contributed by atoms with E-state index in [4.69, 9.17) is 5.11 Å². The Bertz CT molecular complexity index is 492. The second-order valence-electron chi connectivity index (χ2n) is 5.35. The molecule has 1 aromatic rings. The number of hydrogen-bond acceptors (Lipinski definition) is 3. The van der Waals surface area contributed by atoms with Crippen molar-refractivity contribution in [3.63, 3.8) is 0 Å². The topological polar surface area (TPSA) is 78.4 Å². The van der Waals surface area contributed by atoms with Crippen molar-refractivity contribution in [1.82, 2.24) is 5.32 Å². The molecule has 0 saturated carbocycles.